The Morgan fingerprint density at radius 1 is 0.500 bits per heavy atom. The van der Waals surface area contributed by atoms with E-state index in [1.807, 2.05) is 0 Å². The Morgan fingerprint density at radius 2 is 0.773 bits per heavy atom. The predicted octanol–water partition coefficient (Wildman–Crippen LogP) is 5.89. The molecule has 0 aromatic heterocycles. The molecule has 0 bridgehead atoms. The van der Waals surface area contributed by atoms with Gasteiger partial charge in [-0.3, -0.25) is 0 Å². The summed E-state index contributed by atoms with van der Waals surface area (Å²) >= 11 is 0. The molecule has 0 saturated carbocycles. The van der Waals surface area contributed by atoms with Crippen molar-refractivity contribution in [3.05, 3.63) is 70.8 Å². The van der Waals surface area contributed by atoms with Crippen LogP contribution in [-0.4, -0.2) is 0 Å². The maximum absolute atomic E-state index is 12.4. The van der Waals surface area contributed by atoms with Gasteiger partial charge in [0, 0.05) is 0 Å². The number of hydrogen-bond donors (Lipinski definition) is 0. The zero-order chi connectivity index (χ0) is 16.4. The van der Waals surface area contributed by atoms with E-state index in [4.69, 9.17) is 0 Å². The van der Waals surface area contributed by atoms with E-state index in [2.05, 4.69) is 0 Å². The van der Waals surface area contributed by atoms with Crippen LogP contribution >= 0.6 is 0 Å². The fraction of sp³-hybridized carbons (Fsp3) is 0.125. The highest BCUT2D eigenvalue weighted by Gasteiger charge is 2.30. The van der Waals surface area contributed by atoms with Crippen molar-refractivity contribution in [1.29, 1.82) is 0 Å². The summed E-state index contributed by atoms with van der Waals surface area (Å²) in [5, 5.41) is 0. The van der Waals surface area contributed by atoms with Gasteiger partial charge in [-0.15, -0.1) is 0 Å². The smallest absolute Gasteiger partial charge is 0.166 e. The van der Waals surface area contributed by atoms with Crippen molar-refractivity contribution >= 4 is 12.2 Å². The van der Waals surface area contributed by atoms with E-state index in [9.17, 15) is 26.3 Å². The Bertz CT molecular complexity index is 586. The number of halogens is 6. The van der Waals surface area contributed by atoms with Crippen LogP contribution < -0.4 is 0 Å². The Kier molecular flexibility index (Phi) is 4.30. The number of benzene rings is 2. The summed E-state index contributed by atoms with van der Waals surface area (Å²) in [6.45, 7) is 0. The molecule has 0 aliphatic rings. The van der Waals surface area contributed by atoms with E-state index in [0.717, 1.165) is 24.3 Å². The lowest BCUT2D eigenvalue weighted by molar-refractivity contribution is -0.138. The maximum atomic E-state index is 12.4. The van der Waals surface area contributed by atoms with Crippen molar-refractivity contribution < 1.29 is 26.3 Å². The summed E-state index contributed by atoms with van der Waals surface area (Å²) < 4.78 is 74.4. The molecule has 6 heteroatoms. The minimum Gasteiger partial charge on any atom is -0.166 e. The summed E-state index contributed by atoms with van der Waals surface area (Å²) in [6.07, 6.45) is -5.73. The van der Waals surface area contributed by atoms with Gasteiger partial charge in [0.05, 0.1) is 11.1 Å². The molecule has 2 aromatic carbocycles. The summed E-state index contributed by atoms with van der Waals surface area (Å²) in [6, 6.07) is 8.98. The molecule has 0 amide bonds. The second-order valence-corrected chi connectivity index (χ2v) is 4.57. The van der Waals surface area contributed by atoms with Crippen molar-refractivity contribution in [3.63, 3.8) is 0 Å². The van der Waals surface area contributed by atoms with Crippen LogP contribution in [0.3, 0.4) is 0 Å². The van der Waals surface area contributed by atoms with E-state index in [1.165, 1.54) is 36.4 Å². The van der Waals surface area contributed by atoms with Crippen LogP contribution in [0, 0.1) is 0 Å². The van der Waals surface area contributed by atoms with Gasteiger partial charge in [0.1, 0.15) is 0 Å². The van der Waals surface area contributed by atoms with Crippen LogP contribution in [0.4, 0.5) is 26.3 Å². The van der Waals surface area contributed by atoms with Gasteiger partial charge in [-0.05, 0) is 35.4 Å². The van der Waals surface area contributed by atoms with Crippen molar-refractivity contribution in [3.8, 4) is 0 Å². The third kappa shape index (κ3) is 4.13. The summed E-state index contributed by atoms with van der Waals surface area (Å²) in [5.41, 5.74) is -0.459. The quantitative estimate of drug-likeness (QED) is 0.478. The molecule has 0 nitrogen and oxygen atoms in total. The third-order valence-corrected chi connectivity index (χ3v) is 2.94. The minimum absolute atomic E-state index is 0.521. The molecule has 0 atom stereocenters. The zero-order valence-corrected chi connectivity index (χ0v) is 11.0. The first-order valence-electron chi connectivity index (χ1n) is 6.19. The van der Waals surface area contributed by atoms with Crippen molar-refractivity contribution in [2.75, 3.05) is 0 Å². The first-order chi connectivity index (χ1) is 10.2. The molecular formula is C16H10F6. The van der Waals surface area contributed by atoms with Crippen LogP contribution in [0.1, 0.15) is 22.3 Å². The van der Waals surface area contributed by atoms with E-state index < -0.39 is 23.5 Å². The lowest BCUT2D eigenvalue weighted by Gasteiger charge is -2.06. The topological polar surface area (TPSA) is 0 Å². The fourth-order valence-corrected chi connectivity index (χ4v) is 1.76. The largest absolute Gasteiger partial charge is 0.416 e. The molecule has 2 aromatic rings. The van der Waals surface area contributed by atoms with E-state index >= 15 is 0 Å². The van der Waals surface area contributed by atoms with Gasteiger partial charge in [-0.1, -0.05) is 36.4 Å². The van der Waals surface area contributed by atoms with Gasteiger partial charge in [-0.2, -0.15) is 26.3 Å². The molecular weight excluding hydrogens is 306 g/mol. The molecule has 0 radical (unpaired) electrons. The van der Waals surface area contributed by atoms with E-state index in [0.29, 0.717) is 11.1 Å². The Morgan fingerprint density at radius 3 is 1.00 bits per heavy atom. The molecule has 0 N–H and O–H groups in total. The molecule has 22 heavy (non-hydrogen) atoms. The molecule has 0 saturated heterocycles. The normalized spacial score (nSPS) is 12.8. The van der Waals surface area contributed by atoms with Gasteiger partial charge in [0.15, 0.2) is 0 Å². The van der Waals surface area contributed by atoms with Gasteiger partial charge in [0.2, 0.25) is 0 Å². The van der Waals surface area contributed by atoms with Gasteiger partial charge in [-0.25, -0.2) is 0 Å². The number of rotatable bonds is 2. The highest BCUT2D eigenvalue weighted by molar-refractivity contribution is 5.69. The first kappa shape index (κ1) is 16.1. The van der Waals surface area contributed by atoms with Gasteiger partial charge < -0.3 is 0 Å². The minimum atomic E-state index is -4.39. The first-order valence-corrected chi connectivity index (χ1v) is 6.19. The Hall–Kier alpha value is -2.24. The van der Waals surface area contributed by atoms with E-state index in [-0.39, 0.29) is 0 Å². The molecule has 0 aliphatic carbocycles. The number of alkyl halides is 6. The predicted molar refractivity (Wildman–Crippen MR) is 71.8 cm³/mol. The molecule has 0 heterocycles. The third-order valence-electron chi connectivity index (χ3n) is 2.94. The van der Waals surface area contributed by atoms with E-state index in [1.54, 1.807) is 0 Å². The zero-order valence-electron chi connectivity index (χ0n) is 11.0. The van der Waals surface area contributed by atoms with Crippen molar-refractivity contribution in [2.24, 2.45) is 0 Å². The van der Waals surface area contributed by atoms with Crippen molar-refractivity contribution in [2.45, 2.75) is 12.4 Å². The summed E-state index contributed by atoms with van der Waals surface area (Å²) in [7, 11) is 0. The molecule has 0 fully saturated rings. The summed E-state index contributed by atoms with van der Waals surface area (Å²) in [4.78, 5) is 0. The highest BCUT2D eigenvalue weighted by atomic mass is 19.4. The SMILES string of the molecule is FC(F)(F)c1ccc(C=Cc2ccc(C(F)(F)F)cc2)cc1. The van der Waals surface area contributed by atoms with Crippen molar-refractivity contribution in [1.82, 2.24) is 0 Å². The lowest BCUT2D eigenvalue weighted by Crippen LogP contribution is -2.04. The van der Waals surface area contributed by atoms with Crippen LogP contribution in [0.25, 0.3) is 12.2 Å². The molecule has 0 aliphatic heterocycles. The molecule has 0 spiro atoms. The van der Waals surface area contributed by atoms with Crippen LogP contribution in [-0.2, 0) is 12.4 Å². The van der Waals surface area contributed by atoms with Crippen LogP contribution in [0.5, 0.6) is 0 Å². The average molecular weight is 316 g/mol. The molecule has 116 valence electrons. The fourth-order valence-electron chi connectivity index (χ4n) is 1.76. The standard InChI is InChI=1S/C16H10F6/c17-15(18,19)13-7-3-11(4-8-13)1-2-12-5-9-14(10-6-12)16(20,21)22/h1-10H. The Labute approximate surface area is 122 Å². The maximum Gasteiger partial charge on any atom is 0.416 e. The second kappa shape index (κ2) is 5.87. The lowest BCUT2D eigenvalue weighted by atomic mass is 10.1. The van der Waals surface area contributed by atoms with Gasteiger partial charge in [0.25, 0.3) is 0 Å². The van der Waals surface area contributed by atoms with Gasteiger partial charge >= 0.3 is 12.4 Å². The van der Waals surface area contributed by atoms with Crippen LogP contribution in [0.15, 0.2) is 48.5 Å². The monoisotopic (exact) mass is 316 g/mol. The second-order valence-electron chi connectivity index (χ2n) is 4.57. The summed E-state index contributed by atoms with van der Waals surface area (Å²) in [5.74, 6) is 0. The molecule has 0 unspecified atom stereocenters. The molecule has 2 rings (SSSR count). The Balaban J connectivity index is 2.12. The average Bonchev–Trinajstić information content (AvgIpc) is 2.44. The van der Waals surface area contributed by atoms with Crippen LogP contribution in [0.2, 0.25) is 0 Å². The highest BCUT2D eigenvalue weighted by Crippen LogP contribution is 2.30. The number of hydrogen-bond acceptors (Lipinski definition) is 0.